The molecule has 0 saturated carbocycles. The van der Waals surface area contributed by atoms with Gasteiger partial charge in [0.15, 0.2) is 0 Å². The number of urea groups is 1. The van der Waals surface area contributed by atoms with E-state index in [0.717, 1.165) is 49.5 Å². The first-order chi connectivity index (χ1) is 16.7. The van der Waals surface area contributed by atoms with E-state index in [1.165, 1.54) is 5.69 Å². The third-order valence-electron chi connectivity index (χ3n) is 5.97. The first-order valence-electron chi connectivity index (χ1n) is 11.8. The summed E-state index contributed by atoms with van der Waals surface area (Å²) in [7, 11) is 0. The number of imidazole rings is 1. The maximum atomic E-state index is 13.1. The Hall–Kier alpha value is -3.83. The van der Waals surface area contributed by atoms with Crippen LogP contribution in [0.4, 0.5) is 16.2 Å². The number of nitrogens with zero attached hydrogens (tertiary/aromatic N) is 5. The molecule has 0 radical (unpaired) electrons. The van der Waals surface area contributed by atoms with Gasteiger partial charge in [0.05, 0.1) is 30.2 Å². The lowest BCUT2D eigenvalue weighted by molar-refractivity contribution is 0.246. The van der Waals surface area contributed by atoms with Gasteiger partial charge in [0, 0.05) is 56.8 Å². The smallest absolute Gasteiger partial charge is 0.322 e. The van der Waals surface area contributed by atoms with E-state index in [9.17, 15) is 4.79 Å². The van der Waals surface area contributed by atoms with Crippen LogP contribution in [-0.2, 0) is 13.1 Å². The average molecular weight is 458 g/mol. The molecule has 1 aliphatic heterocycles. The first-order valence-corrected chi connectivity index (χ1v) is 11.8. The maximum absolute atomic E-state index is 13.1. The summed E-state index contributed by atoms with van der Waals surface area (Å²) in [5.74, 6) is 0. The number of carbonyl (C=O) groups excluding carboxylic acids is 1. The number of amides is 2. The van der Waals surface area contributed by atoms with Crippen LogP contribution >= 0.6 is 0 Å². The van der Waals surface area contributed by atoms with Gasteiger partial charge in [-0.25, -0.2) is 9.78 Å². The molecule has 2 heterocycles. The van der Waals surface area contributed by atoms with Crippen molar-refractivity contribution in [3.8, 4) is 6.07 Å². The van der Waals surface area contributed by atoms with E-state index in [-0.39, 0.29) is 6.03 Å². The van der Waals surface area contributed by atoms with Crippen molar-refractivity contribution in [3.05, 3.63) is 77.9 Å². The molecule has 4 rings (SSSR count). The quantitative estimate of drug-likeness (QED) is 0.542. The molecule has 1 saturated heterocycles. The number of nitriles is 1. The van der Waals surface area contributed by atoms with Crippen molar-refractivity contribution in [2.45, 2.75) is 26.4 Å². The summed E-state index contributed by atoms with van der Waals surface area (Å²) in [4.78, 5) is 21.5. The molecule has 1 aromatic heterocycles. The summed E-state index contributed by atoms with van der Waals surface area (Å²) in [6, 6.07) is 17.8. The minimum atomic E-state index is -0.122. The SMILES string of the molecule is CCCNC(=O)N(Cc1cncn1Cc1ccc(C#N)cc1)c1ccc(N2CCNCC2)cc1. The van der Waals surface area contributed by atoms with E-state index in [0.29, 0.717) is 25.2 Å². The Morgan fingerprint density at radius 2 is 1.88 bits per heavy atom. The molecule has 8 heteroatoms. The van der Waals surface area contributed by atoms with E-state index in [1.54, 1.807) is 17.4 Å². The third-order valence-corrected chi connectivity index (χ3v) is 5.97. The van der Waals surface area contributed by atoms with E-state index >= 15 is 0 Å². The molecule has 1 fully saturated rings. The van der Waals surface area contributed by atoms with Crippen LogP contribution in [0.25, 0.3) is 0 Å². The monoisotopic (exact) mass is 457 g/mol. The standard InChI is InChI=1S/C26H31N7O/c1-2-11-30-26(34)33(24-9-7-23(8-10-24)31-14-12-28-13-15-31)19-25-17-29-20-32(25)18-22-5-3-21(16-27)4-6-22/h3-10,17,20,28H,2,11-15,18-19H2,1H3,(H,30,34). The Morgan fingerprint density at radius 1 is 1.15 bits per heavy atom. The van der Waals surface area contributed by atoms with Crippen LogP contribution in [0.1, 0.15) is 30.2 Å². The fourth-order valence-electron chi connectivity index (χ4n) is 4.04. The van der Waals surface area contributed by atoms with Crippen LogP contribution in [0.15, 0.2) is 61.1 Å². The van der Waals surface area contributed by atoms with Crippen molar-refractivity contribution in [2.75, 3.05) is 42.5 Å². The van der Waals surface area contributed by atoms with E-state index in [2.05, 4.69) is 38.7 Å². The molecule has 2 amide bonds. The lowest BCUT2D eigenvalue weighted by Gasteiger charge is -2.30. The molecule has 3 aromatic rings. The van der Waals surface area contributed by atoms with Gasteiger partial charge in [-0.15, -0.1) is 0 Å². The number of hydrogen-bond donors (Lipinski definition) is 2. The zero-order chi connectivity index (χ0) is 23.8. The number of aromatic nitrogens is 2. The second-order valence-electron chi connectivity index (χ2n) is 8.39. The highest BCUT2D eigenvalue weighted by Crippen LogP contribution is 2.23. The summed E-state index contributed by atoms with van der Waals surface area (Å²) in [6.45, 7) is 7.61. The Labute approximate surface area is 200 Å². The van der Waals surface area contributed by atoms with Crippen molar-refractivity contribution in [2.24, 2.45) is 0 Å². The molecule has 8 nitrogen and oxygen atoms in total. The van der Waals surface area contributed by atoms with Crippen molar-refractivity contribution in [3.63, 3.8) is 0 Å². The molecule has 0 bridgehead atoms. The summed E-state index contributed by atoms with van der Waals surface area (Å²) in [5, 5.41) is 15.4. The van der Waals surface area contributed by atoms with Crippen LogP contribution in [0.2, 0.25) is 0 Å². The van der Waals surface area contributed by atoms with Crippen LogP contribution < -0.4 is 20.4 Å². The van der Waals surface area contributed by atoms with Gasteiger partial charge in [0.1, 0.15) is 0 Å². The van der Waals surface area contributed by atoms with E-state index in [4.69, 9.17) is 5.26 Å². The molecular weight excluding hydrogens is 426 g/mol. The number of hydrogen-bond acceptors (Lipinski definition) is 5. The van der Waals surface area contributed by atoms with Gasteiger partial charge in [0.25, 0.3) is 0 Å². The number of nitrogens with one attached hydrogen (secondary N) is 2. The Bertz CT molecular complexity index is 1110. The van der Waals surface area contributed by atoms with E-state index < -0.39 is 0 Å². The number of piperazine rings is 1. The van der Waals surface area contributed by atoms with Crippen LogP contribution in [0.3, 0.4) is 0 Å². The van der Waals surface area contributed by atoms with Gasteiger partial charge in [-0.3, -0.25) is 4.90 Å². The highest BCUT2D eigenvalue weighted by molar-refractivity contribution is 5.92. The zero-order valence-electron chi connectivity index (χ0n) is 19.6. The first kappa shape index (κ1) is 23.3. The van der Waals surface area contributed by atoms with Crippen molar-refractivity contribution in [1.29, 1.82) is 5.26 Å². The summed E-state index contributed by atoms with van der Waals surface area (Å²) in [6.07, 6.45) is 4.46. The number of rotatable bonds is 8. The largest absolute Gasteiger partial charge is 0.369 e. The zero-order valence-corrected chi connectivity index (χ0v) is 19.6. The molecule has 0 atom stereocenters. The lowest BCUT2D eigenvalue weighted by Crippen LogP contribution is -2.43. The molecular formula is C26H31N7O. The van der Waals surface area contributed by atoms with Crippen molar-refractivity contribution in [1.82, 2.24) is 20.2 Å². The van der Waals surface area contributed by atoms with Gasteiger partial charge in [-0.05, 0) is 48.4 Å². The molecule has 34 heavy (non-hydrogen) atoms. The molecule has 0 aliphatic carbocycles. The lowest BCUT2D eigenvalue weighted by atomic mass is 10.1. The van der Waals surface area contributed by atoms with E-state index in [1.807, 2.05) is 47.9 Å². The minimum absolute atomic E-state index is 0.122. The highest BCUT2D eigenvalue weighted by Gasteiger charge is 2.19. The Balaban J connectivity index is 1.53. The molecule has 0 spiro atoms. The van der Waals surface area contributed by atoms with Crippen molar-refractivity contribution < 1.29 is 4.79 Å². The molecule has 0 unspecified atom stereocenters. The molecule has 1 aliphatic rings. The van der Waals surface area contributed by atoms with Gasteiger partial charge in [-0.2, -0.15) is 5.26 Å². The van der Waals surface area contributed by atoms with Gasteiger partial charge < -0.3 is 20.1 Å². The van der Waals surface area contributed by atoms with Gasteiger partial charge in [-0.1, -0.05) is 19.1 Å². The number of anilines is 2. The van der Waals surface area contributed by atoms with Crippen molar-refractivity contribution >= 4 is 17.4 Å². The fraction of sp³-hybridized carbons (Fsp3) is 0.346. The number of carbonyl (C=O) groups is 1. The highest BCUT2D eigenvalue weighted by atomic mass is 16.2. The third kappa shape index (κ3) is 5.74. The summed E-state index contributed by atoms with van der Waals surface area (Å²) < 4.78 is 2.04. The topological polar surface area (TPSA) is 89.2 Å². The summed E-state index contributed by atoms with van der Waals surface area (Å²) in [5.41, 5.74) is 4.66. The van der Waals surface area contributed by atoms with Gasteiger partial charge >= 0.3 is 6.03 Å². The van der Waals surface area contributed by atoms with Crippen LogP contribution in [0.5, 0.6) is 0 Å². The average Bonchev–Trinajstić information content (AvgIpc) is 3.33. The number of benzene rings is 2. The fourth-order valence-corrected chi connectivity index (χ4v) is 4.04. The Kier molecular flexibility index (Phi) is 7.79. The summed E-state index contributed by atoms with van der Waals surface area (Å²) >= 11 is 0. The molecule has 2 aromatic carbocycles. The second kappa shape index (κ2) is 11.3. The minimum Gasteiger partial charge on any atom is -0.369 e. The van der Waals surface area contributed by atoms with Gasteiger partial charge in [0.2, 0.25) is 0 Å². The predicted molar refractivity (Wildman–Crippen MR) is 134 cm³/mol. The normalized spacial score (nSPS) is 13.4. The molecule has 2 N–H and O–H groups in total. The maximum Gasteiger partial charge on any atom is 0.322 e. The second-order valence-corrected chi connectivity index (χ2v) is 8.39. The Morgan fingerprint density at radius 3 is 2.56 bits per heavy atom. The predicted octanol–water partition coefficient (Wildman–Crippen LogP) is 3.34. The van der Waals surface area contributed by atoms with Crippen LogP contribution in [0, 0.1) is 11.3 Å². The molecule has 176 valence electrons. The van der Waals surface area contributed by atoms with Crippen LogP contribution in [-0.4, -0.2) is 48.3 Å².